The van der Waals surface area contributed by atoms with Gasteiger partial charge in [-0.3, -0.25) is 9.59 Å². The molecule has 0 aromatic heterocycles. The Kier molecular flexibility index (Phi) is 7.70. The van der Waals surface area contributed by atoms with E-state index >= 15 is 0 Å². The van der Waals surface area contributed by atoms with Crippen molar-refractivity contribution in [2.75, 3.05) is 0 Å². The van der Waals surface area contributed by atoms with Crippen LogP contribution in [0.3, 0.4) is 0 Å². The molecule has 0 spiro atoms. The van der Waals surface area contributed by atoms with Crippen LogP contribution in [0.15, 0.2) is 40.9 Å². The molecule has 2 aromatic carbocycles. The van der Waals surface area contributed by atoms with E-state index < -0.39 is 0 Å². The minimum atomic E-state index is -0.385. The van der Waals surface area contributed by atoms with Crippen LogP contribution in [0.25, 0.3) is 0 Å². The quantitative estimate of drug-likeness (QED) is 0.519. The van der Waals surface area contributed by atoms with Crippen molar-refractivity contribution >= 4 is 40.3 Å². The van der Waals surface area contributed by atoms with E-state index in [-0.39, 0.29) is 30.1 Å². The Balaban J connectivity index is 0.000000187. The summed E-state index contributed by atoms with van der Waals surface area (Å²) in [7, 11) is -0.385. The topological polar surface area (TPSA) is 76.7 Å². The van der Waals surface area contributed by atoms with Crippen molar-refractivity contribution < 1.29 is 18.9 Å². The Hall–Kier alpha value is -2.16. The van der Waals surface area contributed by atoms with Crippen LogP contribution in [0.5, 0.6) is 0 Å². The maximum absolute atomic E-state index is 12.2. The molecule has 1 heterocycles. The van der Waals surface area contributed by atoms with Gasteiger partial charge in [0.25, 0.3) is 11.8 Å². The van der Waals surface area contributed by atoms with Gasteiger partial charge in [-0.1, -0.05) is 28.1 Å². The first-order chi connectivity index (χ1) is 16.9. The predicted molar refractivity (Wildman–Crippen MR) is 147 cm³/mol. The Morgan fingerprint density at radius 3 is 1.67 bits per heavy atom. The molecule has 3 aliphatic rings. The van der Waals surface area contributed by atoms with Gasteiger partial charge in [0.2, 0.25) is 0 Å². The van der Waals surface area contributed by atoms with Crippen molar-refractivity contribution in [3.05, 3.63) is 63.1 Å². The maximum atomic E-state index is 12.2. The molecular weight excluding hydrogens is 519 g/mol. The standard InChI is InChI=1S/C17H24BNO3.C11H12BrNO/c1-11-10-12(18-21-16(2,3)17(4,5)22-18)6-9-14(11)15(20)19-13-7-8-13;1-7-6-8(12)2-5-10(7)11(14)13-9-3-4-9/h6,9-10,13H,7-8H2,1-5H3,(H,19,20);2,5-6,9H,3-4H2,1H3,(H,13,14). The van der Waals surface area contributed by atoms with Crippen molar-refractivity contribution in [1.82, 2.24) is 10.6 Å². The maximum Gasteiger partial charge on any atom is 0.494 e. The van der Waals surface area contributed by atoms with Crippen LogP contribution in [0, 0.1) is 13.8 Å². The smallest absolute Gasteiger partial charge is 0.399 e. The number of carbonyl (C=O) groups excluding carboxylic acids is 2. The van der Waals surface area contributed by atoms with Crippen LogP contribution in [0.4, 0.5) is 0 Å². The minimum absolute atomic E-state index is 0.0143. The number of hydrogen-bond donors (Lipinski definition) is 2. The molecule has 1 aliphatic heterocycles. The normalized spacial score (nSPS) is 19.8. The van der Waals surface area contributed by atoms with Gasteiger partial charge in [0, 0.05) is 27.7 Å². The number of hydrogen-bond acceptors (Lipinski definition) is 4. The van der Waals surface area contributed by atoms with Crippen molar-refractivity contribution in [2.24, 2.45) is 0 Å². The van der Waals surface area contributed by atoms with Gasteiger partial charge >= 0.3 is 7.12 Å². The molecule has 3 fully saturated rings. The molecule has 6 nitrogen and oxygen atoms in total. The van der Waals surface area contributed by atoms with Crippen LogP contribution < -0.4 is 16.1 Å². The monoisotopic (exact) mass is 554 g/mol. The first-order valence-corrected chi connectivity index (χ1v) is 13.5. The average Bonchev–Trinajstić information content (AvgIpc) is 3.70. The summed E-state index contributed by atoms with van der Waals surface area (Å²) >= 11 is 3.38. The van der Waals surface area contributed by atoms with E-state index in [0.717, 1.165) is 57.9 Å². The fraction of sp³-hybridized carbons (Fsp3) is 0.500. The number of amides is 2. The van der Waals surface area contributed by atoms with Gasteiger partial charge in [-0.25, -0.2) is 0 Å². The lowest BCUT2D eigenvalue weighted by Crippen LogP contribution is -2.41. The number of benzene rings is 2. The molecule has 0 unspecified atom stereocenters. The summed E-state index contributed by atoms with van der Waals surface area (Å²) in [6, 6.07) is 12.3. The Morgan fingerprint density at radius 1 is 0.806 bits per heavy atom. The largest absolute Gasteiger partial charge is 0.494 e. The van der Waals surface area contributed by atoms with E-state index in [0.29, 0.717) is 12.1 Å². The highest BCUT2D eigenvalue weighted by atomic mass is 79.9. The summed E-state index contributed by atoms with van der Waals surface area (Å²) in [6.45, 7) is 12.1. The molecule has 1 saturated heterocycles. The second kappa shape index (κ2) is 10.3. The summed E-state index contributed by atoms with van der Waals surface area (Å²) < 4.78 is 13.1. The zero-order valence-corrected chi connectivity index (χ0v) is 23.6. The van der Waals surface area contributed by atoms with E-state index in [1.165, 1.54) is 0 Å². The summed E-state index contributed by atoms with van der Waals surface area (Å²) in [5, 5.41) is 6.00. The first-order valence-electron chi connectivity index (χ1n) is 12.7. The Bertz CT molecular complexity index is 1140. The number of halogens is 1. The number of aryl methyl sites for hydroxylation is 2. The molecule has 0 atom stereocenters. The summed E-state index contributed by atoms with van der Waals surface area (Å²) in [4.78, 5) is 23.9. The lowest BCUT2D eigenvalue weighted by molar-refractivity contribution is 0.00578. The second-order valence-electron chi connectivity index (χ2n) is 11.1. The van der Waals surface area contributed by atoms with Crippen LogP contribution in [-0.4, -0.2) is 42.2 Å². The summed E-state index contributed by atoms with van der Waals surface area (Å²) in [5.41, 5.74) is 3.72. The summed E-state index contributed by atoms with van der Waals surface area (Å²) in [5.74, 6) is 0.0676. The van der Waals surface area contributed by atoms with Crippen molar-refractivity contribution in [2.45, 2.75) is 90.5 Å². The highest BCUT2D eigenvalue weighted by molar-refractivity contribution is 9.10. The van der Waals surface area contributed by atoms with E-state index in [1.54, 1.807) is 0 Å². The van der Waals surface area contributed by atoms with Crippen LogP contribution >= 0.6 is 15.9 Å². The molecule has 5 rings (SSSR count). The zero-order valence-electron chi connectivity index (χ0n) is 22.0. The van der Waals surface area contributed by atoms with Crippen LogP contribution in [0.2, 0.25) is 0 Å². The van der Waals surface area contributed by atoms with Gasteiger partial charge in [0.1, 0.15) is 0 Å². The van der Waals surface area contributed by atoms with Crippen molar-refractivity contribution in [3.63, 3.8) is 0 Å². The van der Waals surface area contributed by atoms with Crippen molar-refractivity contribution in [1.29, 1.82) is 0 Å². The molecule has 0 radical (unpaired) electrons. The molecular formula is C28H36BBrN2O4. The van der Waals surface area contributed by atoms with Crippen LogP contribution in [0.1, 0.15) is 85.2 Å². The van der Waals surface area contributed by atoms with Gasteiger partial charge in [0.15, 0.2) is 0 Å². The molecule has 2 amide bonds. The third-order valence-electron chi connectivity index (χ3n) is 7.28. The van der Waals surface area contributed by atoms with Gasteiger partial charge in [0.05, 0.1) is 11.2 Å². The van der Waals surface area contributed by atoms with E-state index in [2.05, 4.69) is 26.6 Å². The molecule has 2 N–H and O–H groups in total. The van der Waals surface area contributed by atoms with Gasteiger partial charge in [-0.2, -0.15) is 0 Å². The SMILES string of the molecule is Cc1cc(B2OC(C)(C)C(C)(C)O2)ccc1C(=O)NC1CC1.Cc1cc(Br)ccc1C(=O)NC1CC1. The van der Waals surface area contributed by atoms with E-state index in [1.807, 2.05) is 77.9 Å². The van der Waals surface area contributed by atoms with Crippen molar-refractivity contribution in [3.8, 4) is 0 Å². The van der Waals surface area contributed by atoms with Gasteiger partial charge < -0.3 is 19.9 Å². The molecule has 2 saturated carbocycles. The third kappa shape index (κ3) is 6.39. The molecule has 2 aromatic rings. The molecule has 8 heteroatoms. The number of carbonyl (C=O) groups is 2. The average molecular weight is 555 g/mol. The number of nitrogens with one attached hydrogen (secondary N) is 2. The van der Waals surface area contributed by atoms with Gasteiger partial charge in [-0.05, 0) is 108 Å². The van der Waals surface area contributed by atoms with Gasteiger partial charge in [-0.15, -0.1) is 0 Å². The highest BCUT2D eigenvalue weighted by Gasteiger charge is 2.51. The zero-order chi connectivity index (χ0) is 26.3. The summed E-state index contributed by atoms with van der Waals surface area (Å²) in [6.07, 6.45) is 4.44. The Morgan fingerprint density at radius 2 is 1.25 bits per heavy atom. The van der Waals surface area contributed by atoms with Crippen LogP contribution in [-0.2, 0) is 9.31 Å². The molecule has 0 bridgehead atoms. The number of rotatable bonds is 5. The molecule has 2 aliphatic carbocycles. The third-order valence-corrected chi connectivity index (χ3v) is 7.77. The highest BCUT2D eigenvalue weighted by Crippen LogP contribution is 2.36. The fourth-order valence-electron chi connectivity index (χ4n) is 3.93. The predicted octanol–water partition coefficient (Wildman–Crippen LogP) is 4.84. The second-order valence-corrected chi connectivity index (χ2v) is 12.0. The molecule has 192 valence electrons. The lowest BCUT2D eigenvalue weighted by Gasteiger charge is -2.32. The fourth-order valence-corrected chi connectivity index (χ4v) is 4.41. The lowest BCUT2D eigenvalue weighted by atomic mass is 9.78. The van der Waals surface area contributed by atoms with E-state index in [9.17, 15) is 9.59 Å². The first kappa shape index (κ1) is 26.9. The molecule has 36 heavy (non-hydrogen) atoms. The van der Waals surface area contributed by atoms with E-state index in [4.69, 9.17) is 9.31 Å². The minimum Gasteiger partial charge on any atom is -0.399 e. The Labute approximate surface area is 223 Å².